The molecule has 0 spiro atoms. The number of nitro groups is 1. The lowest BCUT2D eigenvalue weighted by Crippen LogP contribution is -2.45. The van der Waals surface area contributed by atoms with Crippen molar-refractivity contribution in [3.63, 3.8) is 0 Å². The van der Waals surface area contributed by atoms with E-state index >= 15 is 0 Å². The molecular formula is C14H21N3O4S. The van der Waals surface area contributed by atoms with Crippen LogP contribution in [0, 0.1) is 16.0 Å². The first-order chi connectivity index (χ1) is 10.4. The number of rotatable bonds is 6. The van der Waals surface area contributed by atoms with Crippen molar-refractivity contribution in [2.45, 2.75) is 43.0 Å². The van der Waals surface area contributed by atoms with Gasteiger partial charge in [0.2, 0.25) is 10.0 Å². The zero-order chi connectivity index (χ0) is 16.2. The van der Waals surface area contributed by atoms with Crippen molar-refractivity contribution in [2.24, 2.45) is 11.7 Å². The summed E-state index contributed by atoms with van der Waals surface area (Å²) >= 11 is 0. The minimum absolute atomic E-state index is 0.0207. The molecule has 0 bridgehead atoms. The summed E-state index contributed by atoms with van der Waals surface area (Å²) in [5.74, 6) is 0.256. The molecule has 1 aliphatic rings. The summed E-state index contributed by atoms with van der Waals surface area (Å²) in [6, 6.07) is 4.57. The fourth-order valence-electron chi connectivity index (χ4n) is 2.89. The second kappa shape index (κ2) is 7.17. The highest BCUT2D eigenvalue weighted by Gasteiger charge is 2.27. The Hall–Kier alpha value is -1.51. The van der Waals surface area contributed by atoms with Crippen LogP contribution in [0.4, 0.5) is 5.69 Å². The van der Waals surface area contributed by atoms with Gasteiger partial charge in [-0.25, -0.2) is 13.1 Å². The maximum Gasteiger partial charge on any atom is 0.269 e. The van der Waals surface area contributed by atoms with E-state index in [1.54, 1.807) is 0 Å². The molecule has 0 heterocycles. The van der Waals surface area contributed by atoms with E-state index < -0.39 is 14.9 Å². The first-order valence-corrected chi connectivity index (χ1v) is 8.89. The van der Waals surface area contributed by atoms with Crippen LogP contribution < -0.4 is 10.5 Å². The summed E-state index contributed by atoms with van der Waals surface area (Å²) in [7, 11) is -3.72. The number of sulfonamides is 1. The number of non-ortho nitro benzene ring substituents is 1. The number of hydrogen-bond acceptors (Lipinski definition) is 5. The van der Waals surface area contributed by atoms with Gasteiger partial charge in [-0.15, -0.1) is 0 Å². The summed E-state index contributed by atoms with van der Waals surface area (Å²) in [4.78, 5) is 10.1. The Morgan fingerprint density at radius 1 is 1.23 bits per heavy atom. The molecule has 1 aliphatic carbocycles. The maximum absolute atomic E-state index is 12.4. The highest BCUT2D eigenvalue weighted by atomic mass is 32.2. The second-order valence-corrected chi connectivity index (χ2v) is 7.33. The van der Waals surface area contributed by atoms with Crippen LogP contribution in [-0.2, 0) is 10.0 Å². The van der Waals surface area contributed by atoms with Gasteiger partial charge in [-0.05, 0) is 30.9 Å². The van der Waals surface area contributed by atoms with Crippen molar-refractivity contribution in [2.75, 3.05) is 6.54 Å². The summed E-state index contributed by atoms with van der Waals surface area (Å²) in [5, 5.41) is 10.6. The van der Waals surface area contributed by atoms with Crippen molar-refractivity contribution < 1.29 is 13.3 Å². The molecule has 122 valence electrons. The second-order valence-electron chi connectivity index (χ2n) is 5.61. The van der Waals surface area contributed by atoms with E-state index in [9.17, 15) is 18.5 Å². The number of hydrogen-bond donors (Lipinski definition) is 2. The molecule has 1 saturated carbocycles. The highest BCUT2D eigenvalue weighted by molar-refractivity contribution is 7.89. The standard InChI is InChI=1S/C14H21N3O4S/c15-10-14(11-4-2-1-3-5-11)16-22(20,21)13-8-6-12(7-9-13)17(18)19/h6-9,11,14,16H,1-5,10,15H2/t14-/m1/s1. The molecule has 0 saturated heterocycles. The van der Waals surface area contributed by atoms with E-state index in [2.05, 4.69) is 4.72 Å². The van der Waals surface area contributed by atoms with Crippen molar-refractivity contribution in [1.29, 1.82) is 0 Å². The number of nitrogens with two attached hydrogens (primary N) is 1. The Morgan fingerprint density at radius 3 is 2.32 bits per heavy atom. The first kappa shape index (κ1) is 16.9. The Bertz CT molecular complexity index is 609. The van der Waals surface area contributed by atoms with Crippen LogP contribution in [0.25, 0.3) is 0 Å². The van der Waals surface area contributed by atoms with E-state index in [0.717, 1.165) is 25.7 Å². The van der Waals surface area contributed by atoms with Crippen molar-refractivity contribution in [3.8, 4) is 0 Å². The Balaban J connectivity index is 2.12. The molecule has 0 unspecified atom stereocenters. The van der Waals surface area contributed by atoms with Gasteiger partial charge in [-0.1, -0.05) is 19.3 Å². The lowest BCUT2D eigenvalue weighted by Gasteiger charge is -2.29. The molecule has 22 heavy (non-hydrogen) atoms. The molecule has 7 nitrogen and oxygen atoms in total. The largest absolute Gasteiger partial charge is 0.329 e. The Morgan fingerprint density at radius 2 is 1.82 bits per heavy atom. The molecule has 8 heteroatoms. The van der Waals surface area contributed by atoms with E-state index in [1.807, 2.05) is 0 Å². The average Bonchev–Trinajstić information content (AvgIpc) is 2.53. The van der Waals surface area contributed by atoms with Gasteiger partial charge in [0.15, 0.2) is 0 Å². The van der Waals surface area contributed by atoms with Gasteiger partial charge in [-0.2, -0.15) is 0 Å². The third-order valence-electron chi connectivity index (χ3n) is 4.14. The van der Waals surface area contributed by atoms with Gasteiger partial charge in [0.25, 0.3) is 5.69 Å². The Labute approximate surface area is 130 Å². The lowest BCUT2D eigenvalue weighted by molar-refractivity contribution is -0.384. The topological polar surface area (TPSA) is 115 Å². The van der Waals surface area contributed by atoms with Crippen LogP contribution in [0.1, 0.15) is 32.1 Å². The highest BCUT2D eigenvalue weighted by Crippen LogP contribution is 2.27. The normalized spacial score (nSPS) is 18.0. The van der Waals surface area contributed by atoms with Gasteiger partial charge in [0, 0.05) is 24.7 Å². The molecule has 0 amide bonds. The van der Waals surface area contributed by atoms with Crippen LogP contribution in [0.5, 0.6) is 0 Å². The molecule has 0 aromatic heterocycles. The molecule has 1 aromatic carbocycles. The number of nitrogens with zero attached hydrogens (tertiary/aromatic N) is 1. The molecule has 2 rings (SSSR count). The molecule has 1 aromatic rings. The van der Waals surface area contributed by atoms with E-state index in [-0.39, 0.29) is 29.1 Å². The minimum atomic E-state index is -3.72. The zero-order valence-electron chi connectivity index (χ0n) is 12.3. The molecule has 0 aliphatic heterocycles. The third-order valence-corrected chi connectivity index (χ3v) is 5.64. The predicted molar refractivity (Wildman–Crippen MR) is 82.8 cm³/mol. The van der Waals surface area contributed by atoms with Gasteiger partial charge in [0.05, 0.1) is 9.82 Å². The minimum Gasteiger partial charge on any atom is -0.329 e. The fraction of sp³-hybridized carbons (Fsp3) is 0.571. The molecule has 1 fully saturated rings. The molecule has 0 radical (unpaired) electrons. The van der Waals surface area contributed by atoms with Crippen LogP contribution in [-0.4, -0.2) is 25.9 Å². The van der Waals surface area contributed by atoms with Crippen molar-refractivity contribution in [3.05, 3.63) is 34.4 Å². The fourth-order valence-corrected chi connectivity index (χ4v) is 4.21. The van der Waals surface area contributed by atoms with E-state index in [1.165, 1.54) is 30.7 Å². The zero-order valence-corrected chi connectivity index (χ0v) is 13.1. The summed E-state index contributed by atoms with van der Waals surface area (Å²) in [6.45, 7) is 0.247. The van der Waals surface area contributed by atoms with Crippen LogP contribution in [0.3, 0.4) is 0 Å². The quantitative estimate of drug-likeness (QED) is 0.610. The lowest BCUT2D eigenvalue weighted by atomic mass is 9.84. The third kappa shape index (κ3) is 4.02. The van der Waals surface area contributed by atoms with Gasteiger partial charge in [0.1, 0.15) is 0 Å². The number of benzene rings is 1. The molecular weight excluding hydrogens is 306 g/mol. The van der Waals surface area contributed by atoms with E-state index in [4.69, 9.17) is 5.73 Å². The molecule has 1 atom stereocenters. The van der Waals surface area contributed by atoms with Crippen LogP contribution in [0.15, 0.2) is 29.2 Å². The maximum atomic E-state index is 12.4. The van der Waals surface area contributed by atoms with Crippen molar-refractivity contribution in [1.82, 2.24) is 4.72 Å². The number of nitro benzene ring substituents is 1. The van der Waals surface area contributed by atoms with Gasteiger partial charge in [-0.3, -0.25) is 10.1 Å². The van der Waals surface area contributed by atoms with Crippen LogP contribution >= 0.6 is 0 Å². The number of nitrogens with one attached hydrogen (secondary N) is 1. The Kier molecular flexibility index (Phi) is 5.49. The SMILES string of the molecule is NC[C@@H](NS(=O)(=O)c1ccc([N+](=O)[O-])cc1)C1CCCCC1. The van der Waals surface area contributed by atoms with Crippen LogP contribution in [0.2, 0.25) is 0 Å². The summed E-state index contributed by atoms with van der Waals surface area (Å²) in [6.07, 6.45) is 5.33. The summed E-state index contributed by atoms with van der Waals surface area (Å²) < 4.78 is 27.4. The predicted octanol–water partition coefficient (Wildman–Crippen LogP) is 1.78. The smallest absolute Gasteiger partial charge is 0.269 e. The monoisotopic (exact) mass is 327 g/mol. The summed E-state index contributed by atoms with van der Waals surface area (Å²) in [5.41, 5.74) is 5.60. The van der Waals surface area contributed by atoms with Gasteiger partial charge >= 0.3 is 0 Å². The van der Waals surface area contributed by atoms with Gasteiger partial charge < -0.3 is 5.73 Å². The first-order valence-electron chi connectivity index (χ1n) is 7.41. The average molecular weight is 327 g/mol. The van der Waals surface area contributed by atoms with E-state index in [0.29, 0.717) is 0 Å². The van der Waals surface area contributed by atoms with Crippen molar-refractivity contribution >= 4 is 15.7 Å². The molecule has 3 N–H and O–H groups in total.